The summed E-state index contributed by atoms with van der Waals surface area (Å²) in [6, 6.07) is 0. The largest absolute Gasteiger partial charge is 0.544 e. The van der Waals surface area contributed by atoms with Gasteiger partial charge >= 0.3 is 0 Å². The van der Waals surface area contributed by atoms with Crippen molar-refractivity contribution in [3.05, 3.63) is 6.61 Å². The molecule has 0 radical (unpaired) electrons. The van der Waals surface area contributed by atoms with Crippen molar-refractivity contribution >= 4 is 0 Å². The molecule has 1 aliphatic heterocycles. The molecule has 0 aliphatic carbocycles. The van der Waals surface area contributed by atoms with Crippen LogP contribution in [0.3, 0.4) is 0 Å². The van der Waals surface area contributed by atoms with Gasteiger partial charge in [-0.3, -0.25) is 0 Å². The molecule has 0 saturated carbocycles. The average Bonchev–Trinajstić information content (AvgIpc) is 2.15. The van der Waals surface area contributed by atoms with Gasteiger partial charge < -0.3 is 20.1 Å². The van der Waals surface area contributed by atoms with E-state index in [1.807, 2.05) is 0 Å². The van der Waals surface area contributed by atoms with Crippen molar-refractivity contribution in [1.82, 2.24) is 0 Å². The first-order valence-corrected chi connectivity index (χ1v) is 2.71. The third-order valence-electron chi connectivity index (χ3n) is 1.30. The van der Waals surface area contributed by atoms with Crippen molar-refractivity contribution < 1.29 is 51.2 Å². The third-order valence-corrected chi connectivity index (χ3v) is 1.30. The molecular weight excluding hydrogens is 362 g/mol. The van der Waals surface area contributed by atoms with E-state index in [0.717, 1.165) is 6.61 Å². The van der Waals surface area contributed by atoms with Crippen molar-refractivity contribution in [3.8, 4) is 0 Å². The maximum atomic E-state index is 8.89. The Bertz CT molecular complexity index is 99.6. The van der Waals surface area contributed by atoms with Gasteiger partial charge in [0.05, 0.1) is 18.8 Å². The maximum absolute atomic E-state index is 8.89. The molecule has 1 saturated heterocycles. The van der Waals surface area contributed by atoms with Gasteiger partial charge in [0.2, 0.25) is 0 Å². The first-order chi connectivity index (χ1) is 4.25. The van der Waals surface area contributed by atoms with Crippen LogP contribution < -0.4 is 0 Å². The molecule has 0 aromatic heterocycles. The minimum atomic E-state index is -0.977. The normalized spacial score (nSPS) is 39.3. The van der Waals surface area contributed by atoms with Crippen LogP contribution in [0.4, 0.5) is 0 Å². The second kappa shape index (κ2) is 4.71. The molecule has 0 aromatic carbocycles. The summed E-state index contributed by atoms with van der Waals surface area (Å²) >= 11 is 0. The molecular formula is C5H9O4U-. The summed E-state index contributed by atoms with van der Waals surface area (Å²) in [5.74, 6) is 0. The van der Waals surface area contributed by atoms with Crippen LogP contribution in [0.15, 0.2) is 0 Å². The number of rotatable bonds is 1. The number of ether oxygens (including phenoxy) is 1. The first kappa shape index (κ1) is 10.9. The van der Waals surface area contributed by atoms with Gasteiger partial charge in [-0.15, -0.1) is 0 Å². The predicted octanol–water partition coefficient (Wildman–Crippen LogP) is -1.74. The molecule has 4 nitrogen and oxygen atoms in total. The molecule has 3 N–H and O–H groups in total. The monoisotopic (exact) mass is 371 g/mol. The van der Waals surface area contributed by atoms with Crippen molar-refractivity contribution in [2.75, 3.05) is 6.61 Å². The van der Waals surface area contributed by atoms with Crippen LogP contribution in [0.25, 0.3) is 0 Å². The van der Waals surface area contributed by atoms with E-state index in [-0.39, 0.29) is 37.7 Å². The summed E-state index contributed by atoms with van der Waals surface area (Å²) in [5.41, 5.74) is 0. The Hall–Kier alpha value is 0.892. The number of aliphatic hydroxyl groups is 3. The van der Waals surface area contributed by atoms with Gasteiger partial charge in [0.1, 0.15) is 0 Å². The zero-order valence-electron chi connectivity index (χ0n) is 5.27. The summed E-state index contributed by atoms with van der Waals surface area (Å²) in [7, 11) is 0. The minimum absolute atomic E-state index is 0. The van der Waals surface area contributed by atoms with Gasteiger partial charge in [-0.2, -0.15) is 6.61 Å². The Morgan fingerprint density at radius 3 is 2.20 bits per heavy atom. The Morgan fingerprint density at radius 1 is 1.40 bits per heavy atom. The van der Waals surface area contributed by atoms with Crippen LogP contribution in [-0.2, 0) is 4.74 Å². The second-order valence-corrected chi connectivity index (χ2v) is 1.97. The van der Waals surface area contributed by atoms with Crippen molar-refractivity contribution in [2.45, 2.75) is 18.3 Å². The molecule has 3 unspecified atom stereocenters. The summed E-state index contributed by atoms with van der Waals surface area (Å²) in [6.07, 6.45) is -2.59. The summed E-state index contributed by atoms with van der Waals surface area (Å²) in [6.45, 7) is 0.848. The van der Waals surface area contributed by atoms with E-state index in [1.54, 1.807) is 0 Å². The fraction of sp³-hybridized carbons (Fsp3) is 0.800. The van der Waals surface area contributed by atoms with E-state index < -0.39 is 18.3 Å². The molecule has 5 heteroatoms. The number of hydrogen-bond donors (Lipinski definition) is 3. The standard InChI is InChI=1S/C5H9O4.U/c6-1-4-5(8)3(7)2-9-4;/h2-8H,1H2;/q-1;. The topological polar surface area (TPSA) is 69.9 Å². The molecule has 1 heterocycles. The molecule has 0 bridgehead atoms. The summed E-state index contributed by atoms with van der Waals surface area (Å²) in [4.78, 5) is 0. The fourth-order valence-corrected chi connectivity index (χ4v) is 0.713. The van der Waals surface area contributed by atoms with E-state index in [4.69, 9.17) is 15.3 Å². The Kier molecular flexibility index (Phi) is 5.13. The zero-order chi connectivity index (χ0) is 6.85. The van der Waals surface area contributed by atoms with Gasteiger partial charge in [0.15, 0.2) is 0 Å². The molecule has 0 amide bonds. The smallest absolute Gasteiger partial charge is 0.0794 e. The molecule has 3 atom stereocenters. The summed E-state index contributed by atoms with van der Waals surface area (Å²) in [5, 5.41) is 26.1. The van der Waals surface area contributed by atoms with Gasteiger partial charge in [0, 0.05) is 31.1 Å². The molecule has 1 rings (SSSR count). The SMILES string of the molecule is OCC1O[CH-]C(O)C1O.[U]. The van der Waals surface area contributed by atoms with E-state index in [0.29, 0.717) is 0 Å². The van der Waals surface area contributed by atoms with E-state index >= 15 is 0 Å². The minimum Gasteiger partial charge on any atom is -0.544 e. The van der Waals surface area contributed by atoms with Crippen LogP contribution in [-0.4, -0.2) is 40.2 Å². The Labute approximate surface area is 82.6 Å². The second-order valence-electron chi connectivity index (χ2n) is 1.97. The Morgan fingerprint density at radius 2 is 2.00 bits per heavy atom. The molecule has 58 valence electrons. The van der Waals surface area contributed by atoms with Gasteiger partial charge in [-0.25, -0.2) is 0 Å². The molecule has 1 fully saturated rings. The number of hydrogen-bond acceptors (Lipinski definition) is 4. The molecule has 1 aliphatic rings. The third kappa shape index (κ3) is 2.19. The Balaban J connectivity index is 0.000000810. The van der Waals surface area contributed by atoms with E-state index in [1.165, 1.54) is 0 Å². The summed E-state index contributed by atoms with van der Waals surface area (Å²) < 4.78 is 4.65. The van der Waals surface area contributed by atoms with Crippen LogP contribution in [0.5, 0.6) is 0 Å². The molecule has 0 spiro atoms. The van der Waals surface area contributed by atoms with Crippen LogP contribution >= 0.6 is 0 Å². The van der Waals surface area contributed by atoms with Gasteiger partial charge in [-0.05, 0) is 6.10 Å². The van der Waals surface area contributed by atoms with Crippen molar-refractivity contribution in [2.24, 2.45) is 0 Å². The van der Waals surface area contributed by atoms with Gasteiger partial charge in [0.25, 0.3) is 0 Å². The fourth-order valence-electron chi connectivity index (χ4n) is 0.713. The molecule has 10 heavy (non-hydrogen) atoms. The van der Waals surface area contributed by atoms with Crippen LogP contribution in [0.1, 0.15) is 0 Å². The van der Waals surface area contributed by atoms with Crippen molar-refractivity contribution in [3.63, 3.8) is 0 Å². The van der Waals surface area contributed by atoms with Crippen LogP contribution in [0.2, 0.25) is 0 Å². The zero-order valence-corrected chi connectivity index (χ0v) is 9.43. The van der Waals surface area contributed by atoms with Crippen molar-refractivity contribution in [1.29, 1.82) is 0 Å². The van der Waals surface area contributed by atoms with Gasteiger partial charge in [-0.1, -0.05) is 0 Å². The quantitative estimate of drug-likeness (QED) is 0.479. The first-order valence-electron chi connectivity index (χ1n) is 2.71. The van der Waals surface area contributed by atoms with E-state index in [2.05, 4.69) is 4.74 Å². The maximum Gasteiger partial charge on any atom is 0.0794 e. The average molecular weight is 371 g/mol. The number of aliphatic hydroxyl groups excluding tert-OH is 3. The molecule has 0 aromatic rings. The van der Waals surface area contributed by atoms with Crippen LogP contribution in [0, 0.1) is 37.7 Å². The van der Waals surface area contributed by atoms with E-state index in [9.17, 15) is 0 Å². The predicted molar refractivity (Wildman–Crippen MR) is 28.3 cm³/mol.